The summed E-state index contributed by atoms with van der Waals surface area (Å²) in [5, 5.41) is 1.86. The Kier molecular flexibility index (Phi) is 5.18. The molecule has 9 heteroatoms. The number of halogens is 4. The quantitative estimate of drug-likeness (QED) is 0.684. The number of nitrogens with one attached hydrogen (secondary N) is 1. The smallest absolute Gasteiger partial charge is 0.326 e. The van der Waals surface area contributed by atoms with E-state index in [-0.39, 0.29) is 29.8 Å². The van der Waals surface area contributed by atoms with Gasteiger partial charge in [0.25, 0.3) is 11.8 Å². The van der Waals surface area contributed by atoms with Gasteiger partial charge < -0.3 is 5.32 Å². The van der Waals surface area contributed by atoms with E-state index < -0.39 is 46.1 Å². The Morgan fingerprint density at radius 2 is 1.58 bits per heavy atom. The number of alkyl halides is 3. The van der Waals surface area contributed by atoms with E-state index in [9.17, 15) is 31.9 Å². The second kappa shape index (κ2) is 7.54. The van der Waals surface area contributed by atoms with E-state index >= 15 is 0 Å². The van der Waals surface area contributed by atoms with E-state index in [0.717, 1.165) is 29.2 Å². The molecule has 4 rings (SSSR count). The van der Waals surface area contributed by atoms with Crippen LogP contribution in [-0.2, 0) is 9.59 Å². The highest BCUT2D eigenvalue weighted by molar-refractivity contribution is 6.21. The van der Waals surface area contributed by atoms with Crippen LogP contribution in [0.25, 0.3) is 0 Å². The number of Topliss-reactive ketones (excluding diaryl/α,β-unsaturated/α-hetero) is 1. The molecule has 1 aliphatic carbocycles. The highest BCUT2D eigenvalue weighted by Gasteiger charge is 2.72. The van der Waals surface area contributed by atoms with Crippen LogP contribution in [-0.4, -0.2) is 29.3 Å². The molecule has 172 valence electrons. The van der Waals surface area contributed by atoms with Gasteiger partial charge in [0.2, 0.25) is 5.54 Å². The lowest BCUT2D eigenvalue weighted by Gasteiger charge is -2.35. The Morgan fingerprint density at radius 3 is 2.15 bits per heavy atom. The molecule has 0 spiro atoms. The fraction of sp³-hybridized carbons (Fsp3) is 0.292. The predicted molar refractivity (Wildman–Crippen MR) is 112 cm³/mol. The molecule has 2 aromatic carbocycles. The van der Waals surface area contributed by atoms with Gasteiger partial charge in [-0.2, -0.15) is 13.2 Å². The minimum atomic E-state index is -5.32. The standard InChI is InChI=1S/C24H20F4N2O3/c1-22(2)12-17-19(18(31)13-22)23(24(26,27)28,29-20(32)14-6-4-3-5-7-14)21(33)30(17)16-10-8-15(25)9-11-16/h3-11H,12-13H2,1-2H3,(H,29,32)/t23-/m0/s1. The van der Waals surface area contributed by atoms with Crippen molar-refractivity contribution >= 4 is 23.3 Å². The molecule has 2 amide bonds. The third-order valence-corrected chi connectivity index (χ3v) is 5.87. The molecule has 2 aromatic rings. The second-order valence-electron chi connectivity index (χ2n) is 8.95. The van der Waals surface area contributed by atoms with Crippen LogP contribution in [0.4, 0.5) is 23.2 Å². The van der Waals surface area contributed by atoms with E-state index in [4.69, 9.17) is 0 Å². The Morgan fingerprint density at radius 1 is 0.970 bits per heavy atom. The molecular formula is C24H20F4N2O3. The summed E-state index contributed by atoms with van der Waals surface area (Å²) >= 11 is 0. The van der Waals surface area contributed by atoms with E-state index in [0.29, 0.717) is 0 Å². The zero-order valence-electron chi connectivity index (χ0n) is 17.8. The number of hydrogen-bond donors (Lipinski definition) is 1. The Bertz CT molecular complexity index is 1170. The van der Waals surface area contributed by atoms with Gasteiger partial charge >= 0.3 is 6.18 Å². The predicted octanol–water partition coefficient (Wildman–Crippen LogP) is 4.55. The highest BCUT2D eigenvalue weighted by atomic mass is 19.4. The first-order valence-electron chi connectivity index (χ1n) is 10.2. The SMILES string of the molecule is CC1(C)CC(=O)C2=C(C1)N(c1ccc(F)cc1)C(=O)[C@]2(NC(=O)c1ccccc1)C(F)(F)F. The first-order chi connectivity index (χ1) is 15.4. The van der Waals surface area contributed by atoms with Crippen LogP contribution in [0.5, 0.6) is 0 Å². The van der Waals surface area contributed by atoms with E-state index in [1.54, 1.807) is 19.9 Å². The van der Waals surface area contributed by atoms with E-state index in [2.05, 4.69) is 0 Å². The summed E-state index contributed by atoms with van der Waals surface area (Å²) in [6.07, 6.45) is -5.56. The number of rotatable bonds is 3. The Hall–Kier alpha value is -3.49. The van der Waals surface area contributed by atoms with E-state index in [1.807, 2.05) is 5.32 Å². The molecule has 0 bridgehead atoms. The summed E-state index contributed by atoms with van der Waals surface area (Å²) in [5.41, 5.74) is -5.33. The number of allylic oxidation sites excluding steroid dienone is 1. The fourth-order valence-electron chi connectivity index (χ4n) is 4.45. The molecule has 0 saturated carbocycles. The summed E-state index contributed by atoms with van der Waals surface area (Å²) < 4.78 is 57.7. The molecule has 0 fully saturated rings. The van der Waals surface area contributed by atoms with Crippen molar-refractivity contribution in [1.29, 1.82) is 0 Å². The summed E-state index contributed by atoms with van der Waals surface area (Å²) in [7, 11) is 0. The van der Waals surface area contributed by atoms with Crippen LogP contribution in [0, 0.1) is 11.2 Å². The molecular weight excluding hydrogens is 440 g/mol. The summed E-state index contributed by atoms with van der Waals surface area (Å²) in [5.74, 6) is -4.18. The van der Waals surface area contributed by atoms with Crippen LogP contribution in [0.3, 0.4) is 0 Å². The van der Waals surface area contributed by atoms with Crippen molar-refractivity contribution in [2.24, 2.45) is 5.41 Å². The van der Waals surface area contributed by atoms with Crippen LogP contribution >= 0.6 is 0 Å². The first-order valence-corrected chi connectivity index (χ1v) is 10.2. The van der Waals surface area contributed by atoms with Crippen molar-refractivity contribution in [2.45, 2.75) is 38.4 Å². The third-order valence-electron chi connectivity index (χ3n) is 5.87. The zero-order chi connectivity index (χ0) is 24.2. The topological polar surface area (TPSA) is 66.5 Å². The molecule has 2 aliphatic rings. The summed E-state index contributed by atoms with van der Waals surface area (Å²) in [6, 6.07) is 11.5. The lowest BCUT2D eigenvalue weighted by Crippen LogP contribution is -2.66. The summed E-state index contributed by atoms with van der Waals surface area (Å²) in [6.45, 7) is 3.41. The first kappa shape index (κ1) is 22.7. The van der Waals surface area contributed by atoms with Crippen molar-refractivity contribution in [3.63, 3.8) is 0 Å². The monoisotopic (exact) mass is 460 g/mol. The van der Waals surface area contributed by atoms with Gasteiger partial charge in [-0.05, 0) is 48.2 Å². The number of ketones is 1. The molecule has 0 saturated heterocycles. The highest BCUT2D eigenvalue weighted by Crippen LogP contribution is 2.52. The molecule has 1 aliphatic heterocycles. The minimum absolute atomic E-state index is 0.0176. The second-order valence-corrected chi connectivity index (χ2v) is 8.95. The molecule has 1 atom stereocenters. The number of carbonyl (C=O) groups excluding carboxylic acids is 3. The van der Waals surface area contributed by atoms with Gasteiger partial charge in [-0.25, -0.2) is 4.39 Å². The maximum Gasteiger partial charge on any atom is 0.425 e. The van der Waals surface area contributed by atoms with Crippen molar-refractivity contribution in [1.82, 2.24) is 5.32 Å². The maximum atomic E-state index is 14.7. The fourth-order valence-corrected chi connectivity index (χ4v) is 4.45. The lowest BCUT2D eigenvalue weighted by atomic mass is 9.72. The van der Waals surface area contributed by atoms with Gasteiger partial charge in [0.1, 0.15) is 5.82 Å². The van der Waals surface area contributed by atoms with E-state index in [1.165, 1.54) is 24.3 Å². The van der Waals surface area contributed by atoms with Crippen molar-refractivity contribution in [2.75, 3.05) is 4.90 Å². The maximum absolute atomic E-state index is 14.7. The number of anilines is 1. The van der Waals surface area contributed by atoms with Crippen molar-refractivity contribution in [3.05, 3.63) is 77.2 Å². The van der Waals surface area contributed by atoms with Gasteiger partial charge in [0.15, 0.2) is 5.78 Å². The number of benzene rings is 2. The number of carbonyl (C=O) groups is 3. The normalized spacial score (nSPS) is 22.4. The number of hydrogen-bond acceptors (Lipinski definition) is 3. The number of amides is 2. The average molecular weight is 460 g/mol. The largest absolute Gasteiger partial charge is 0.425 e. The van der Waals surface area contributed by atoms with Gasteiger partial charge in [0, 0.05) is 23.4 Å². The number of nitrogens with zero attached hydrogens (tertiary/aromatic N) is 1. The Balaban J connectivity index is 1.94. The molecule has 0 unspecified atom stereocenters. The van der Waals surface area contributed by atoms with Crippen LogP contribution in [0.2, 0.25) is 0 Å². The van der Waals surface area contributed by atoms with Gasteiger partial charge in [-0.1, -0.05) is 32.0 Å². The van der Waals surface area contributed by atoms with Gasteiger partial charge in [-0.15, -0.1) is 0 Å². The van der Waals surface area contributed by atoms with Crippen molar-refractivity contribution in [3.8, 4) is 0 Å². The molecule has 33 heavy (non-hydrogen) atoms. The molecule has 0 aromatic heterocycles. The molecule has 0 radical (unpaired) electrons. The molecule has 5 nitrogen and oxygen atoms in total. The van der Waals surface area contributed by atoms with Gasteiger partial charge in [0.05, 0.1) is 5.57 Å². The molecule has 1 heterocycles. The average Bonchev–Trinajstić information content (AvgIpc) is 2.97. The summed E-state index contributed by atoms with van der Waals surface area (Å²) in [4.78, 5) is 40.3. The minimum Gasteiger partial charge on any atom is -0.326 e. The van der Waals surface area contributed by atoms with Crippen molar-refractivity contribution < 1.29 is 31.9 Å². The van der Waals surface area contributed by atoms with Crippen LogP contribution < -0.4 is 10.2 Å². The van der Waals surface area contributed by atoms with Gasteiger partial charge in [-0.3, -0.25) is 19.3 Å². The third kappa shape index (κ3) is 3.61. The molecule has 1 N–H and O–H groups in total. The van der Waals surface area contributed by atoms with Crippen LogP contribution in [0.1, 0.15) is 37.0 Å². The Labute approximate surface area is 187 Å². The van der Waals surface area contributed by atoms with Crippen LogP contribution in [0.15, 0.2) is 65.9 Å². The lowest BCUT2D eigenvalue weighted by molar-refractivity contribution is -0.186. The zero-order valence-corrected chi connectivity index (χ0v) is 17.8.